The highest BCUT2D eigenvalue weighted by atomic mass is 27.2. The lowest BCUT2D eigenvalue weighted by atomic mass is 9.94. The molecule has 2 aromatic carbocycles. The summed E-state index contributed by atoms with van der Waals surface area (Å²) in [7, 11) is 0. The number of benzene rings is 2. The van der Waals surface area contributed by atoms with Gasteiger partial charge < -0.3 is 7.58 Å². The fourth-order valence-electron chi connectivity index (χ4n) is 4.01. The van der Waals surface area contributed by atoms with Gasteiger partial charge in [0.1, 0.15) is 0 Å². The van der Waals surface area contributed by atoms with Crippen molar-refractivity contribution in [2.45, 2.75) is 98.2 Å². The van der Waals surface area contributed by atoms with Gasteiger partial charge in [-0.05, 0) is 51.2 Å². The standard InChI is InChI=1S/2C12H18O.C4H9.Al/c2*1-8(2)10-6-5-7-11(9(3)4)12(10)13;1-4(2)3;/h2*5-9,13H,1-4H3;4H,1H2,2-3H3;/q;;;+2/p-2. The Balaban J connectivity index is 2.54. The van der Waals surface area contributed by atoms with Crippen LogP contribution in [0.25, 0.3) is 0 Å². The highest BCUT2D eigenvalue weighted by molar-refractivity contribution is 6.46. The molecule has 0 heterocycles. The van der Waals surface area contributed by atoms with Gasteiger partial charge in [0.05, 0.1) is 11.5 Å². The topological polar surface area (TPSA) is 18.5 Å². The summed E-state index contributed by atoms with van der Waals surface area (Å²) in [5, 5.41) is 0.980. The summed E-state index contributed by atoms with van der Waals surface area (Å²) in [5.74, 6) is 4.32. The van der Waals surface area contributed by atoms with E-state index in [2.05, 4.69) is 106 Å². The van der Waals surface area contributed by atoms with E-state index in [0.717, 1.165) is 16.8 Å². The third-order valence-corrected chi connectivity index (χ3v) is 8.13. The maximum atomic E-state index is 6.90. The van der Waals surface area contributed by atoms with Crippen LogP contribution in [0.3, 0.4) is 0 Å². The smallest absolute Gasteiger partial charge is 0.611 e. The lowest BCUT2D eigenvalue weighted by molar-refractivity contribution is 0.396. The summed E-state index contributed by atoms with van der Waals surface area (Å²) in [5.41, 5.74) is 5.16. The zero-order valence-electron chi connectivity index (χ0n) is 21.5. The van der Waals surface area contributed by atoms with Gasteiger partial charge in [-0.15, -0.1) is 0 Å². The molecule has 0 aliphatic rings. The van der Waals surface area contributed by atoms with Gasteiger partial charge >= 0.3 is 14.8 Å². The molecule has 31 heavy (non-hydrogen) atoms. The first-order valence-corrected chi connectivity index (χ1v) is 13.9. The summed E-state index contributed by atoms with van der Waals surface area (Å²) in [6, 6.07) is 13.2. The summed E-state index contributed by atoms with van der Waals surface area (Å²) >= 11 is -2.02. The predicted octanol–water partition coefficient (Wildman–Crippen LogP) is 8.78. The molecule has 0 bridgehead atoms. The fraction of sp³-hybridized carbons (Fsp3) is 0.571. The lowest BCUT2D eigenvalue weighted by Crippen LogP contribution is -2.33. The van der Waals surface area contributed by atoms with Crippen LogP contribution in [-0.2, 0) is 0 Å². The minimum atomic E-state index is -2.02. The summed E-state index contributed by atoms with van der Waals surface area (Å²) in [4.78, 5) is 0. The van der Waals surface area contributed by atoms with Gasteiger partial charge in [-0.2, -0.15) is 0 Å². The van der Waals surface area contributed by atoms with Crippen LogP contribution < -0.4 is 7.58 Å². The van der Waals surface area contributed by atoms with E-state index in [1.807, 2.05) is 0 Å². The molecular formula is C28H43AlO2. The number of rotatable bonds is 10. The van der Waals surface area contributed by atoms with Crippen LogP contribution in [0.5, 0.6) is 11.5 Å². The van der Waals surface area contributed by atoms with E-state index < -0.39 is 14.8 Å². The largest absolute Gasteiger partial charge is 0.857 e. The second-order valence-electron chi connectivity index (χ2n) is 10.4. The van der Waals surface area contributed by atoms with Crippen molar-refractivity contribution < 1.29 is 7.58 Å². The molecule has 0 N–H and O–H groups in total. The van der Waals surface area contributed by atoms with Gasteiger partial charge in [0.2, 0.25) is 0 Å². The molecule has 0 amide bonds. The van der Waals surface area contributed by atoms with Crippen LogP contribution in [0.2, 0.25) is 5.28 Å². The minimum Gasteiger partial charge on any atom is -0.611 e. The fourth-order valence-corrected chi connectivity index (χ4v) is 6.09. The molecule has 2 rings (SSSR count). The first-order valence-electron chi connectivity index (χ1n) is 12.1. The second kappa shape index (κ2) is 11.4. The van der Waals surface area contributed by atoms with Crippen LogP contribution in [-0.4, -0.2) is 14.8 Å². The van der Waals surface area contributed by atoms with Crippen LogP contribution in [0.15, 0.2) is 36.4 Å². The molecule has 170 valence electrons. The van der Waals surface area contributed by atoms with Crippen molar-refractivity contribution >= 4 is 14.8 Å². The molecule has 0 saturated carbocycles. The molecule has 0 aromatic heterocycles. The molecular weight excluding hydrogens is 395 g/mol. The molecule has 0 unspecified atom stereocenters. The van der Waals surface area contributed by atoms with E-state index in [9.17, 15) is 0 Å². The molecule has 0 atom stereocenters. The zero-order valence-corrected chi connectivity index (χ0v) is 22.6. The van der Waals surface area contributed by atoms with Crippen molar-refractivity contribution in [2.75, 3.05) is 0 Å². The summed E-state index contributed by atoms with van der Waals surface area (Å²) in [6.07, 6.45) is 0. The van der Waals surface area contributed by atoms with Gasteiger partial charge in [-0.1, -0.05) is 112 Å². The Kier molecular flexibility index (Phi) is 9.53. The number of hydrogen-bond donors (Lipinski definition) is 0. The highest BCUT2D eigenvalue weighted by Crippen LogP contribution is 2.38. The van der Waals surface area contributed by atoms with Gasteiger partial charge in [0, 0.05) is 0 Å². The summed E-state index contributed by atoms with van der Waals surface area (Å²) < 4.78 is 13.8. The van der Waals surface area contributed by atoms with Gasteiger partial charge in [0.25, 0.3) is 0 Å². The van der Waals surface area contributed by atoms with Crippen LogP contribution in [0, 0.1) is 5.92 Å². The Morgan fingerprint density at radius 2 is 0.839 bits per heavy atom. The van der Waals surface area contributed by atoms with E-state index in [4.69, 9.17) is 7.58 Å². The quantitative estimate of drug-likeness (QED) is 0.345. The van der Waals surface area contributed by atoms with Crippen molar-refractivity contribution in [3.63, 3.8) is 0 Å². The molecule has 0 aliphatic heterocycles. The molecule has 0 spiro atoms. The Labute approximate surface area is 196 Å². The van der Waals surface area contributed by atoms with Crippen LogP contribution in [0.4, 0.5) is 0 Å². The molecule has 0 saturated heterocycles. The molecule has 0 aliphatic carbocycles. The summed E-state index contributed by atoms with van der Waals surface area (Å²) in [6.45, 7) is 22.5. The second-order valence-corrected chi connectivity index (χ2v) is 12.2. The van der Waals surface area contributed by atoms with Crippen LogP contribution in [0.1, 0.15) is 115 Å². The van der Waals surface area contributed by atoms with E-state index in [0.29, 0.717) is 29.6 Å². The Morgan fingerprint density at radius 3 is 1.06 bits per heavy atom. The van der Waals surface area contributed by atoms with Gasteiger partial charge in [-0.3, -0.25) is 0 Å². The lowest BCUT2D eigenvalue weighted by Gasteiger charge is -2.27. The van der Waals surface area contributed by atoms with Crippen molar-refractivity contribution in [1.29, 1.82) is 0 Å². The number of para-hydroxylation sites is 2. The van der Waals surface area contributed by atoms with E-state index in [1.54, 1.807) is 0 Å². The highest BCUT2D eigenvalue weighted by Gasteiger charge is 2.37. The zero-order chi connectivity index (χ0) is 23.3. The first-order chi connectivity index (χ1) is 14.5. The maximum Gasteiger partial charge on any atom is 0.857 e. The van der Waals surface area contributed by atoms with Crippen LogP contribution >= 0.6 is 0 Å². The van der Waals surface area contributed by atoms with Crippen molar-refractivity contribution in [3.05, 3.63) is 58.7 Å². The average molecular weight is 439 g/mol. The molecule has 0 radical (unpaired) electrons. The third-order valence-electron chi connectivity index (χ3n) is 5.80. The normalized spacial score (nSPS) is 11.8. The monoisotopic (exact) mass is 438 g/mol. The van der Waals surface area contributed by atoms with E-state index in [-0.39, 0.29) is 0 Å². The Hall–Kier alpha value is -1.43. The van der Waals surface area contributed by atoms with E-state index in [1.165, 1.54) is 22.3 Å². The molecule has 3 heteroatoms. The Bertz CT molecular complexity index is 719. The van der Waals surface area contributed by atoms with Crippen molar-refractivity contribution in [1.82, 2.24) is 0 Å². The van der Waals surface area contributed by atoms with E-state index >= 15 is 0 Å². The molecule has 0 fully saturated rings. The molecule has 2 nitrogen and oxygen atoms in total. The Morgan fingerprint density at radius 1 is 0.548 bits per heavy atom. The van der Waals surface area contributed by atoms with Gasteiger partial charge in [-0.25, -0.2) is 0 Å². The maximum absolute atomic E-state index is 6.90. The van der Waals surface area contributed by atoms with Crippen molar-refractivity contribution in [2.24, 2.45) is 5.92 Å². The SMILES string of the molecule is CC(C)[CH2][Al]([O]c1c(C(C)C)cccc1C(C)C)[O]c1c(C(C)C)cccc1C(C)C. The van der Waals surface area contributed by atoms with Gasteiger partial charge in [0.15, 0.2) is 0 Å². The molecule has 2 aromatic rings. The predicted molar refractivity (Wildman–Crippen MR) is 136 cm³/mol. The first kappa shape index (κ1) is 25.8. The average Bonchev–Trinajstić information content (AvgIpc) is 2.66. The third kappa shape index (κ3) is 6.77. The van der Waals surface area contributed by atoms with Crippen molar-refractivity contribution in [3.8, 4) is 11.5 Å². The number of hydrogen-bond acceptors (Lipinski definition) is 2. The minimum absolute atomic E-state index is 0.413.